The Kier molecular flexibility index (Phi) is 7.42. The minimum atomic E-state index is -0.420. The summed E-state index contributed by atoms with van der Waals surface area (Å²) in [6.07, 6.45) is 7.99. The fourth-order valence-corrected chi connectivity index (χ4v) is 4.50. The smallest absolute Gasteiger partial charge is 0.242 e. The van der Waals surface area contributed by atoms with E-state index >= 15 is 0 Å². The third kappa shape index (κ3) is 6.21. The SMILES string of the molecule is CC(C)C1CCN(c2ncc(Nc3ccc(CNC(=O)C4CCCC(=O)N4)cc3)cn2)CC1. The van der Waals surface area contributed by atoms with Gasteiger partial charge in [-0.05, 0) is 55.2 Å². The summed E-state index contributed by atoms with van der Waals surface area (Å²) in [6.45, 7) is 7.06. The molecule has 3 heterocycles. The van der Waals surface area contributed by atoms with Crippen molar-refractivity contribution in [1.82, 2.24) is 20.6 Å². The van der Waals surface area contributed by atoms with E-state index in [2.05, 4.69) is 44.7 Å². The third-order valence-corrected chi connectivity index (χ3v) is 6.66. The number of carbonyl (C=O) groups excluding carboxylic acids is 2. The number of amides is 2. The highest BCUT2D eigenvalue weighted by Gasteiger charge is 2.24. The van der Waals surface area contributed by atoms with Gasteiger partial charge in [-0.3, -0.25) is 9.59 Å². The lowest BCUT2D eigenvalue weighted by atomic mass is 9.87. The lowest BCUT2D eigenvalue weighted by Crippen LogP contribution is -2.48. The zero-order valence-electron chi connectivity index (χ0n) is 19.5. The quantitative estimate of drug-likeness (QED) is 0.598. The van der Waals surface area contributed by atoms with Crippen molar-refractivity contribution in [2.75, 3.05) is 23.3 Å². The molecule has 4 rings (SSSR count). The molecule has 1 unspecified atom stereocenters. The molecule has 1 atom stereocenters. The summed E-state index contributed by atoms with van der Waals surface area (Å²) < 4.78 is 0. The van der Waals surface area contributed by atoms with Crippen LogP contribution >= 0.6 is 0 Å². The molecule has 0 bridgehead atoms. The fourth-order valence-electron chi connectivity index (χ4n) is 4.50. The molecule has 0 radical (unpaired) electrons. The molecule has 2 saturated heterocycles. The van der Waals surface area contributed by atoms with Gasteiger partial charge in [0.05, 0.1) is 18.1 Å². The van der Waals surface area contributed by atoms with Crippen LogP contribution in [0.3, 0.4) is 0 Å². The summed E-state index contributed by atoms with van der Waals surface area (Å²) in [5, 5.41) is 8.98. The van der Waals surface area contributed by atoms with Crippen molar-refractivity contribution in [3.63, 3.8) is 0 Å². The molecule has 2 aliphatic rings. The van der Waals surface area contributed by atoms with Crippen molar-refractivity contribution < 1.29 is 9.59 Å². The molecule has 0 saturated carbocycles. The molecule has 2 amide bonds. The number of nitrogens with one attached hydrogen (secondary N) is 3. The summed E-state index contributed by atoms with van der Waals surface area (Å²) >= 11 is 0. The molecule has 1 aromatic heterocycles. The number of carbonyl (C=O) groups is 2. The largest absolute Gasteiger partial charge is 0.353 e. The summed E-state index contributed by atoms with van der Waals surface area (Å²) in [6, 6.07) is 7.45. The predicted octanol–water partition coefficient (Wildman–Crippen LogP) is 3.38. The monoisotopic (exact) mass is 450 g/mol. The van der Waals surface area contributed by atoms with Crippen LogP contribution < -0.4 is 20.9 Å². The van der Waals surface area contributed by atoms with Crippen LogP contribution in [0.2, 0.25) is 0 Å². The normalized spacial score (nSPS) is 19.3. The van der Waals surface area contributed by atoms with E-state index in [4.69, 9.17) is 0 Å². The van der Waals surface area contributed by atoms with Gasteiger partial charge >= 0.3 is 0 Å². The van der Waals surface area contributed by atoms with E-state index in [-0.39, 0.29) is 11.8 Å². The minimum absolute atomic E-state index is 0.0514. The molecule has 0 spiro atoms. The van der Waals surface area contributed by atoms with Gasteiger partial charge in [-0.25, -0.2) is 9.97 Å². The molecule has 176 valence electrons. The highest BCUT2D eigenvalue weighted by Crippen LogP contribution is 2.26. The number of aromatic nitrogens is 2. The first kappa shape index (κ1) is 23.0. The number of anilines is 3. The van der Waals surface area contributed by atoms with Gasteiger partial charge in [0.25, 0.3) is 0 Å². The number of rotatable bonds is 7. The molecular formula is C25H34N6O2. The Morgan fingerprint density at radius 2 is 1.79 bits per heavy atom. The molecule has 8 nitrogen and oxygen atoms in total. The second-order valence-electron chi connectivity index (χ2n) is 9.39. The molecule has 3 N–H and O–H groups in total. The van der Waals surface area contributed by atoms with Crippen molar-refractivity contribution in [2.24, 2.45) is 11.8 Å². The Labute approximate surface area is 195 Å². The maximum absolute atomic E-state index is 12.3. The second-order valence-corrected chi connectivity index (χ2v) is 9.39. The van der Waals surface area contributed by atoms with E-state index in [1.165, 1.54) is 12.8 Å². The summed E-state index contributed by atoms with van der Waals surface area (Å²) in [4.78, 5) is 35.1. The van der Waals surface area contributed by atoms with Gasteiger partial charge in [0, 0.05) is 31.7 Å². The van der Waals surface area contributed by atoms with Crippen molar-refractivity contribution in [1.29, 1.82) is 0 Å². The third-order valence-electron chi connectivity index (χ3n) is 6.66. The molecule has 8 heteroatoms. The first-order valence-corrected chi connectivity index (χ1v) is 12.0. The Morgan fingerprint density at radius 3 is 2.42 bits per heavy atom. The maximum atomic E-state index is 12.3. The molecule has 2 aromatic rings. The zero-order valence-corrected chi connectivity index (χ0v) is 19.5. The predicted molar refractivity (Wildman–Crippen MR) is 129 cm³/mol. The molecule has 0 aliphatic carbocycles. The van der Waals surface area contributed by atoms with E-state index in [0.717, 1.165) is 54.2 Å². The van der Waals surface area contributed by atoms with Gasteiger partial charge in [0.15, 0.2) is 0 Å². The van der Waals surface area contributed by atoms with Crippen molar-refractivity contribution in [3.05, 3.63) is 42.2 Å². The van der Waals surface area contributed by atoms with Gasteiger partial charge in [-0.2, -0.15) is 0 Å². The molecule has 2 aliphatic heterocycles. The van der Waals surface area contributed by atoms with Gasteiger partial charge in [-0.1, -0.05) is 26.0 Å². The number of hydrogen-bond acceptors (Lipinski definition) is 6. The van der Waals surface area contributed by atoms with Crippen LogP contribution in [0.5, 0.6) is 0 Å². The lowest BCUT2D eigenvalue weighted by molar-refractivity contribution is -0.131. The summed E-state index contributed by atoms with van der Waals surface area (Å²) in [7, 11) is 0. The Bertz CT molecular complexity index is 936. The molecule has 1 aromatic carbocycles. The zero-order chi connectivity index (χ0) is 23.2. The Morgan fingerprint density at radius 1 is 1.09 bits per heavy atom. The topological polar surface area (TPSA) is 99.3 Å². The summed E-state index contributed by atoms with van der Waals surface area (Å²) in [5.74, 6) is 2.15. The lowest BCUT2D eigenvalue weighted by Gasteiger charge is -2.33. The Balaban J connectivity index is 1.25. The fraction of sp³-hybridized carbons (Fsp3) is 0.520. The average Bonchev–Trinajstić information content (AvgIpc) is 2.84. The van der Waals surface area contributed by atoms with Crippen molar-refractivity contribution >= 4 is 29.1 Å². The summed E-state index contributed by atoms with van der Waals surface area (Å²) in [5.41, 5.74) is 2.76. The van der Waals surface area contributed by atoms with E-state index < -0.39 is 6.04 Å². The molecule has 33 heavy (non-hydrogen) atoms. The van der Waals surface area contributed by atoms with E-state index in [1.54, 1.807) is 0 Å². The highest BCUT2D eigenvalue weighted by atomic mass is 16.2. The van der Waals surface area contributed by atoms with Crippen LogP contribution in [-0.2, 0) is 16.1 Å². The minimum Gasteiger partial charge on any atom is -0.353 e. The van der Waals surface area contributed by atoms with Crippen LogP contribution in [0.25, 0.3) is 0 Å². The maximum Gasteiger partial charge on any atom is 0.242 e. The molecule has 2 fully saturated rings. The molecular weight excluding hydrogens is 416 g/mol. The van der Waals surface area contributed by atoms with Gasteiger partial charge in [0.2, 0.25) is 17.8 Å². The van der Waals surface area contributed by atoms with Gasteiger partial charge < -0.3 is 20.9 Å². The first-order valence-electron chi connectivity index (χ1n) is 12.0. The Hall–Kier alpha value is -3.16. The van der Waals surface area contributed by atoms with Crippen molar-refractivity contribution in [2.45, 2.75) is 58.5 Å². The van der Waals surface area contributed by atoms with Crippen LogP contribution in [0.4, 0.5) is 17.3 Å². The van der Waals surface area contributed by atoms with E-state index in [0.29, 0.717) is 19.4 Å². The average molecular weight is 451 g/mol. The standard InChI is InChI=1S/C25H34N6O2/c1-17(2)19-10-12-31(13-11-19)25-27-15-21(16-28-25)29-20-8-6-18(7-9-20)14-26-24(33)22-4-3-5-23(32)30-22/h6-9,15-17,19,22,29H,3-5,10-14H2,1-2H3,(H,26,33)(H,30,32). The van der Waals surface area contributed by atoms with Crippen LogP contribution in [0.1, 0.15) is 51.5 Å². The number of nitrogens with zero attached hydrogens (tertiary/aromatic N) is 3. The number of benzene rings is 1. The van der Waals surface area contributed by atoms with E-state index in [1.807, 2.05) is 36.7 Å². The first-order chi connectivity index (χ1) is 16.0. The second kappa shape index (κ2) is 10.6. The van der Waals surface area contributed by atoms with Gasteiger partial charge in [-0.15, -0.1) is 0 Å². The van der Waals surface area contributed by atoms with Gasteiger partial charge in [0.1, 0.15) is 6.04 Å². The number of piperidine rings is 2. The van der Waals surface area contributed by atoms with Crippen LogP contribution in [0, 0.1) is 11.8 Å². The van der Waals surface area contributed by atoms with Crippen LogP contribution in [0.15, 0.2) is 36.7 Å². The van der Waals surface area contributed by atoms with Crippen molar-refractivity contribution in [3.8, 4) is 0 Å². The highest BCUT2D eigenvalue weighted by molar-refractivity contribution is 5.88. The van der Waals surface area contributed by atoms with E-state index in [9.17, 15) is 9.59 Å². The number of hydrogen-bond donors (Lipinski definition) is 3. The van der Waals surface area contributed by atoms with Crippen LogP contribution in [-0.4, -0.2) is 40.9 Å².